The Morgan fingerprint density at radius 2 is 2.47 bits per heavy atom. The average Bonchev–Trinajstić information content (AvgIpc) is 2.81. The molecule has 0 saturated carbocycles. The molecule has 2 heterocycles. The van der Waals surface area contributed by atoms with Gasteiger partial charge in [-0.1, -0.05) is 0 Å². The number of nitro groups is 1. The van der Waals surface area contributed by atoms with Gasteiger partial charge in [0.2, 0.25) is 5.88 Å². The number of anilines is 1. The topological polar surface area (TPSA) is 86.5 Å². The van der Waals surface area contributed by atoms with Crippen molar-refractivity contribution in [2.24, 2.45) is 0 Å². The summed E-state index contributed by atoms with van der Waals surface area (Å²) in [7, 11) is 1.65. The molecule has 1 aliphatic heterocycles. The molecule has 7 nitrogen and oxygen atoms in total. The molecule has 1 fully saturated rings. The minimum Gasteiger partial charge on any atom is -0.472 e. The van der Waals surface area contributed by atoms with E-state index >= 15 is 0 Å². The lowest BCUT2D eigenvalue weighted by molar-refractivity contribution is -0.384. The normalized spacial score (nSPS) is 19.0. The summed E-state index contributed by atoms with van der Waals surface area (Å²) in [6.45, 7) is 1.15. The Labute approximate surface area is 97.9 Å². The van der Waals surface area contributed by atoms with E-state index in [4.69, 9.17) is 9.47 Å². The molecule has 2 rings (SSSR count). The minimum atomic E-state index is -0.472. The molecule has 1 N–H and O–H groups in total. The van der Waals surface area contributed by atoms with Crippen molar-refractivity contribution in [3.8, 4) is 5.88 Å². The van der Waals surface area contributed by atoms with Crippen molar-refractivity contribution in [3.63, 3.8) is 0 Å². The number of pyridine rings is 1. The van der Waals surface area contributed by atoms with Gasteiger partial charge in [0.05, 0.1) is 30.3 Å². The molecular formula is C10H13N3O4. The van der Waals surface area contributed by atoms with Gasteiger partial charge in [-0.3, -0.25) is 10.1 Å². The molecule has 0 aliphatic carbocycles. The second-order valence-electron chi connectivity index (χ2n) is 3.66. The second-order valence-corrected chi connectivity index (χ2v) is 3.66. The van der Waals surface area contributed by atoms with Crippen molar-refractivity contribution in [1.29, 1.82) is 0 Å². The Hall–Kier alpha value is -1.89. The van der Waals surface area contributed by atoms with Crippen molar-refractivity contribution < 1.29 is 14.4 Å². The van der Waals surface area contributed by atoms with Crippen molar-refractivity contribution in [3.05, 3.63) is 22.2 Å². The van der Waals surface area contributed by atoms with Gasteiger partial charge in [0, 0.05) is 13.5 Å². The third-order valence-electron chi connectivity index (χ3n) is 2.43. The maximum atomic E-state index is 10.7. The fraction of sp³-hybridized carbons (Fsp3) is 0.500. The summed E-state index contributed by atoms with van der Waals surface area (Å²) in [6.07, 6.45) is 0.702. The highest BCUT2D eigenvalue weighted by molar-refractivity contribution is 5.47. The van der Waals surface area contributed by atoms with Gasteiger partial charge in [0.25, 0.3) is 5.69 Å². The summed E-state index contributed by atoms with van der Waals surface area (Å²) in [6, 6.07) is 2.68. The molecule has 0 radical (unpaired) electrons. The zero-order valence-corrected chi connectivity index (χ0v) is 9.38. The van der Waals surface area contributed by atoms with E-state index in [1.807, 2.05) is 0 Å². The summed E-state index contributed by atoms with van der Waals surface area (Å²) < 4.78 is 10.7. The van der Waals surface area contributed by atoms with Crippen LogP contribution >= 0.6 is 0 Å². The smallest absolute Gasteiger partial charge is 0.278 e. The largest absolute Gasteiger partial charge is 0.472 e. The third kappa shape index (κ3) is 2.82. The van der Waals surface area contributed by atoms with Crippen molar-refractivity contribution in [2.45, 2.75) is 12.5 Å². The molecule has 17 heavy (non-hydrogen) atoms. The number of hydrogen-bond donors (Lipinski definition) is 1. The van der Waals surface area contributed by atoms with E-state index in [1.165, 1.54) is 12.1 Å². The van der Waals surface area contributed by atoms with Crippen LogP contribution in [-0.4, -0.2) is 36.3 Å². The molecule has 1 saturated heterocycles. The summed E-state index contributed by atoms with van der Waals surface area (Å²) in [5.41, 5.74) is -0.0433. The monoisotopic (exact) mass is 239 g/mol. The van der Waals surface area contributed by atoms with Gasteiger partial charge in [-0.15, -0.1) is 0 Å². The molecule has 1 aliphatic rings. The lowest BCUT2D eigenvalue weighted by Crippen LogP contribution is -2.16. The summed E-state index contributed by atoms with van der Waals surface area (Å²) in [4.78, 5) is 14.4. The minimum absolute atomic E-state index is 0.0433. The van der Waals surface area contributed by atoms with Crippen molar-refractivity contribution >= 4 is 11.5 Å². The van der Waals surface area contributed by atoms with Crippen molar-refractivity contribution in [2.75, 3.05) is 25.6 Å². The molecule has 1 atom stereocenters. The fourth-order valence-electron chi connectivity index (χ4n) is 1.56. The SMILES string of the molecule is CNc1cc([N+](=O)[O-])cc(OC2CCOC2)n1. The van der Waals surface area contributed by atoms with Crippen LogP contribution in [0.4, 0.5) is 11.5 Å². The Bertz CT molecular complexity index is 418. The van der Waals surface area contributed by atoms with Crippen LogP contribution in [-0.2, 0) is 4.74 Å². The highest BCUT2D eigenvalue weighted by atomic mass is 16.6. The lowest BCUT2D eigenvalue weighted by Gasteiger charge is -2.11. The summed E-state index contributed by atoms with van der Waals surface area (Å²) in [5, 5.41) is 13.5. The van der Waals surface area contributed by atoms with Crippen LogP contribution in [0, 0.1) is 10.1 Å². The molecule has 1 aromatic rings. The standard InChI is InChI=1S/C10H13N3O4/c1-11-9-4-7(13(14)15)5-10(12-9)17-8-2-3-16-6-8/h4-5,8H,2-3,6H2,1H3,(H,11,12). The van der Waals surface area contributed by atoms with E-state index in [0.717, 1.165) is 6.42 Å². The summed E-state index contributed by atoms with van der Waals surface area (Å²) >= 11 is 0. The molecule has 1 aromatic heterocycles. The Morgan fingerprint density at radius 1 is 1.65 bits per heavy atom. The van der Waals surface area contributed by atoms with E-state index in [9.17, 15) is 10.1 Å². The number of aromatic nitrogens is 1. The predicted molar refractivity (Wildman–Crippen MR) is 60.3 cm³/mol. The van der Waals surface area contributed by atoms with Crippen molar-refractivity contribution in [1.82, 2.24) is 4.98 Å². The molecule has 0 spiro atoms. The van der Waals surface area contributed by atoms with Crippen LogP contribution < -0.4 is 10.1 Å². The first-order valence-corrected chi connectivity index (χ1v) is 5.27. The Morgan fingerprint density at radius 3 is 3.06 bits per heavy atom. The Kier molecular flexibility index (Phi) is 3.38. The lowest BCUT2D eigenvalue weighted by atomic mass is 10.3. The average molecular weight is 239 g/mol. The van der Waals surface area contributed by atoms with E-state index in [2.05, 4.69) is 10.3 Å². The number of nitrogens with zero attached hydrogens (tertiary/aromatic N) is 2. The maximum absolute atomic E-state index is 10.7. The van der Waals surface area contributed by atoms with Crippen LogP contribution in [0.15, 0.2) is 12.1 Å². The second kappa shape index (κ2) is 4.96. The molecule has 0 aromatic carbocycles. The fourth-order valence-corrected chi connectivity index (χ4v) is 1.56. The number of rotatable bonds is 4. The van der Waals surface area contributed by atoms with Crippen LogP contribution in [0.2, 0.25) is 0 Å². The maximum Gasteiger partial charge on any atom is 0.278 e. The van der Waals surface area contributed by atoms with Crippen LogP contribution in [0.3, 0.4) is 0 Å². The van der Waals surface area contributed by atoms with Crippen LogP contribution in [0.1, 0.15) is 6.42 Å². The van der Waals surface area contributed by atoms with E-state index < -0.39 is 4.92 Å². The molecular weight excluding hydrogens is 226 g/mol. The van der Waals surface area contributed by atoms with E-state index in [-0.39, 0.29) is 17.7 Å². The van der Waals surface area contributed by atoms with E-state index in [1.54, 1.807) is 7.05 Å². The first-order chi connectivity index (χ1) is 8.19. The first kappa shape index (κ1) is 11.6. The van der Waals surface area contributed by atoms with Crippen LogP contribution in [0.5, 0.6) is 5.88 Å². The van der Waals surface area contributed by atoms with Gasteiger partial charge in [0.1, 0.15) is 11.9 Å². The highest BCUT2D eigenvalue weighted by Crippen LogP contribution is 2.23. The summed E-state index contributed by atoms with van der Waals surface area (Å²) in [5.74, 6) is 0.659. The highest BCUT2D eigenvalue weighted by Gasteiger charge is 2.19. The van der Waals surface area contributed by atoms with Gasteiger partial charge in [-0.05, 0) is 0 Å². The molecule has 1 unspecified atom stereocenters. The zero-order chi connectivity index (χ0) is 12.3. The Balaban J connectivity index is 2.19. The van der Waals surface area contributed by atoms with E-state index in [0.29, 0.717) is 19.0 Å². The first-order valence-electron chi connectivity index (χ1n) is 5.27. The van der Waals surface area contributed by atoms with Gasteiger partial charge in [0.15, 0.2) is 0 Å². The molecule has 7 heteroatoms. The zero-order valence-electron chi connectivity index (χ0n) is 9.38. The van der Waals surface area contributed by atoms with Crippen LogP contribution in [0.25, 0.3) is 0 Å². The third-order valence-corrected chi connectivity index (χ3v) is 2.43. The van der Waals surface area contributed by atoms with Gasteiger partial charge >= 0.3 is 0 Å². The quantitative estimate of drug-likeness (QED) is 0.627. The predicted octanol–water partition coefficient (Wildman–Crippen LogP) is 1.20. The van der Waals surface area contributed by atoms with Gasteiger partial charge in [-0.2, -0.15) is 4.98 Å². The number of nitrogens with one attached hydrogen (secondary N) is 1. The van der Waals surface area contributed by atoms with Gasteiger partial charge in [-0.25, -0.2) is 0 Å². The molecule has 0 amide bonds. The number of ether oxygens (including phenoxy) is 2. The molecule has 92 valence electrons. The van der Waals surface area contributed by atoms with Gasteiger partial charge < -0.3 is 14.8 Å². The number of hydrogen-bond acceptors (Lipinski definition) is 6. The molecule has 0 bridgehead atoms.